The summed E-state index contributed by atoms with van der Waals surface area (Å²) in [4.78, 5) is 0. The van der Waals surface area contributed by atoms with Crippen LogP contribution in [0.15, 0.2) is 54.6 Å². The van der Waals surface area contributed by atoms with E-state index in [2.05, 4.69) is 10.6 Å². The minimum Gasteiger partial charge on any atom is -0.378 e. The van der Waals surface area contributed by atoms with Crippen molar-refractivity contribution in [3.05, 3.63) is 60.2 Å². The molecule has 0 spiro atoms. The summed E-state index contributed by atoms with van der Waals surface area (Å²) in [5.74, 6) is -0.0882. The second kappa shape index (κ2) is 10.8. The molecule has 0 saturated heterocycles. The van der Waals surface area contributed by atoms with Gasteiger partial charge < -0.3 is 10.4 Å². The van der Waals surface area contributed by atoms with E-state index in [9.17, 15) is 18.3 Å². The number of benzene rings is 1. The lowest BCUT2D eigenvalue weighted by Gasteiger charge is -2.45. The van der Waals surface area contributed by atoms with Crippen LogP contribution in [0, 0.1) is 5.92 Å². The molecule has 0 aliphatic heterocycles. The van der Waals surface area contributed by atoms with Crippen LogP contribution in [0.5, 0.6) is 0 Å². The predicted molar refractivity (Wildman–Crippen MR) is 107 cm³/mol. The second-order valence-corrected chi connectivity index (χ2v) is 7.27. The zero-order chi connectivity index (χ0) is 20.5. The van der Waals surface area contributed by atoms with Crippen molar-refractivity contribution in [1.29, 1.82) is 0 Å². The lowest BCUT2D eigenvalue weighted by atomic mass is 9.64. The first-order valence-corrected chi connectivity index (χ1v) is 9.98. The van der Waals surface area contributed by atoms with Crippen molar-refractivity contribution in [3.8, 4) is 0 Å². The number of aliphatic hydroxyl groups excluding tert-OH is 1. The van der Waals surface area contributed by atoms with E-state index in [1.807, 2.05) is 61.6 Å². The van der Waals surface area contributed by atoms with E-state index in [0.717, 1.165) is 31.5 Å². The molecule has 3 nitrogen and oxygen atoms in total. The van der Waals surface area contributed by atoms with Gasteiger partial charge in [0.2, 0.25) is 0 Å². The fourth-order valence-electron chi connectivity index (χ4n) is 3.99. The number of hydrogen-bond donors (Lipinski definition) is 3. The van der Waals surface area contributed by atoms with Crippen molar-refractivity contribution >= 4 is 0 Å². The second-order valence-electron chi connectivity index (χ2n) is 7.27. The highest BCUT2D eigenvalue weighted by atomic mass is 19.4. The Kier molecular flexibility index (Phi) is 8.73. The zero-order valence-corrected chi connectivity index (χ0v) is 16.4. The molecule has 0 fully saturated rings. The van der Waals surface area contributed by atoms with Crippen molar-refractivity contribution in [2.45, 2.75) is 50.4 Å². The molecule has 6 heteroatoms. The first-order valence-electron chi connectivity index (χ1n) is 9.98. The summed E-state index contributed by atoms with van der Waals surface area (Å²) in [6, 6.07) is 9.46. The van der Waals surface area contributed by atoms with Gasteiger partial charge in [0.1, 0.15) is 6.23 Å². The van der Waals surface area contributed by atoms with Crippen LogP contribution in [-0.4, -0.2) is 37.1 Å². The Labute approximate surface area is 165 Å². The summed E-state index contributed by atoms with van der Waals surface area (Å²) in [5.41, 5.74) is 0.0329. The van der Waals surface area contributed by atoms with Crippen LogP contribution < -0.4 is 10.6 Å². The Balaban J connectivity index is 2.33. The van der Waals surface area contributed by atoms with Crippen LogP contribution in [-0.2, 0) is 5.41 Å². The number of hydrogen-bond acceptors (Lipinski definition) is 3. The molecule has 0 heterocycles. The van der Waals surface area contributed by atoms with Gasteiger partial charge in [-0.05, 0) is 43.8 Å². The molecule has 1 aliphatic rings. The first-order chi connectivity index (χ1) is 13.4. The van der Waals surface area contributed by atoms with Crippen LogP contribution in [0.2, 0.25) is 0 Å². The first kappa shape index (κ1) is 22.7. The van der Waals surface area contributed by atoms with Crippen molar-refractivity contribution in [2.24, 2.45) is 5.92 Å². The fraction of sp³-hybridized carbons (Fsp3) is 0.545. The van der Waals surface area contributed by atoms with Gasteiger partial charge in [0, 0.05) is 5.41 Å². The maximum absolute atomic E-state index is 12.8. The molecular formula is C22H31F3N2O. The Morgan fingerprint density at radius 3 is 2.50 bits per heavy atom. The molecule has 2 rings (SSSR count). The van der Waals surface area contributed by atoms with E-state index < -0.39 is 24.4 Å². The standard InChI is InChI=1S/C22H31F3N2O/c1-2-26-16-10-9-15-21(18-11-5-3-6-12-18,19-13-7-4-8-14-19)20(28)27-17-22(23,24)25/h3-8,11-13,19-20,26-28H,2,9-10,14-17H2,1H3. The minimum atomic E-state index is -4.38. The highest BCUT2D eigenvalue weighted by Crippen LogP contribution is 2.43. The SMILES string of the molecule is CCNCCCCC(c1ccccc1)(C1C=CC=CC1)C(O)NCC(F)(F)F. The van der Waals surface area contributed by atoms with Gasteiger partial charge in [-0.2, -0.15) is 13.2 Å². The molecule has 0 saturated carbocycles. The fourth-order valence-corrected chi connectivity index (χ4v) is 3.99. The molecule has 0 bridgehead atoms. The molecule has 3 atom stereocenters. The highest BCUT2D eigenvalue weighted by molar-refractivity contribution is 5.32. The lowest BCUT2D eigenvalue weighted by molar-refractivity contribution is -0.135. The van der Waals surface area contributed by atoms with Crippen molar-refractivity contribution < 1.29 is 18.3 Å². The summed E-state index contributed by atoms with van der Waals surface area (Å²) in [6.07, 6.45) is 5.18. The smallest absolute Gasteiger partial charge is 0.378 e. The Hall–Kier alpha value is -1.63. The summed E-state index contributed by atoms with van der Waals surface area (Å²) in [7, 11) is 0. The van der Waals surface area contributed by atoms with Crippen molar-refractivity contribution in [3.63, 3.8) is 0 Å². The average molecular weight is 396 g/mol. The molecular weight excluding hydrogens is 365 g/mol. The van der Waals surface area contributed by atoms with Crippen LogP contribution in [0.3, 0.4) is 0 Å². The van der Waals surface area contributed by atoms with Gasteiger partial charge in [0.25, 0.3) is 0 Å². The van der Waals surface area contributed by atoms with Gasteiger partial charge in [0.15, 0.2) is 0 Å². The van der Waals surface area contributed by atoms with Crippen LogP contribution in [0.4, 0.5) is 13.2 Å². The number of allylic oxidation sites excluding steroid dienone is 4. The monoisotopic (exact) mass is 396 g/mol. The minimum absolute atomic E-state index is 0.0882. The zero-order valence-electron chi connectivity index (χ0n) is 16.4. The number of alkyl halides is 3. The molecule has 0 aromatic heterocycles. The molecule has 3 N–H and O–H groups in total. The van der Waals surface area contributed by atoms with Crippen molar-refractivity contribution in [2.75, 3.05) is 19.6 Å². The van der Waals surface area contributed by atoms with Crippen molar-refractivity contribution in [1.82, 2.24) is 10.6 Å². The van der Waals surface area contributed by atoms with Crippen LogP contribution >= 0.6 is 0 Å². The predicted octanol–water partition coefficient (Wildman–Crippen LogP) is 4.31. The number of halogens is 3. The van der Waals surface area contributed by atoms with Gasteiger partial charge in [-0.25, -0.2) is 0 Å². The summed E-state index contributed by atoms with van der Waals surface area (Å²) in [6.45, 7) is 2.56. The Morgan fingerprint density at radius 2 is 1.89 bits per heavy atom. The molecule has 156 valence electrons. The van der Waals surface area contributed by atoms with E-state index in [1.54, 1.807) is 0 Å². The topological polar surface area (TPSA) is 44.3 Å². The maximum Gasteiger partial charge on any atom is 0.401 e. The van der Waals surface area contributed by atoms with Gasteiger partial charge >= 0.3 is 6.18 Å². The number of unbranched alkanes of at least 4 members (excludes halogenated alkanes) is 1. The van der Waals surface area contributed by atoms with E-state index in [-0.39, 0.29) is 5.92 Å². The lowest BCUT2D eigenvalue weighted by Crippen LogP contribution is -2.54. The third-order valence-corrected chi connectivity index (χ3v) is 5.38. The van der Waals surface area contributed by atoms with Gasteiger partial charge in [-0.15, -0.1) is 0 Å². The van der Waals surface area contributed by atoms with Gasteiger partial charge in [-0.1, -0.05) is 68.0 Å². The number of nitrogens with one attached hydrogen (secondary N) is 2. The summed E-state index contributed by atoms with van der Waals surface area (Å²) in [5, 5.41) is 16.7. The van der Waals surface area contributed by atoms with Gasteiger partial charge in [-0.3, -0.25) is 5.32 Å². The Morgan fingerprint density at radius 1 is 1.14 bits per heavy atom. The van der Waals surface area contributed by atoms with Crippen LogP contribution in [0.25, 0.3) is 0 Å². The molecule has 3 unspecified atom stereocenters. The average Bonchev–Trinajstić information content (AvgIpc) is 2.70. The van der Waals surface area contributed by atoms with Gasteiger partial charge in [0.05, 0.1) is 6.54 Å². The normalized spacial score (nSPS) is 20.1. The summed E-state index contributed by atoms with van der Waals surface area (Å²) < 4.78 is 38.5. The quantitative estimate of drug-likeness (QED) is 0.386. The number of aliphatic hydroxyl groups is 1. The van der Waals surface area contributed by atoms with E-state index in [0.29, 0.717) is 12.8 Å². The van der Waals surface area contributed by atoms with E-state index in [4.69, 9.17) is 0 Å². The Bertz CT molecular complexity index is 630. The molecule has 0 amide bonds. The number of rotatable bonds is 11. The summed E-state index contributed by atoms with van der Waals surface area (Å²) >= 11 is 0. The highest BCUT2D eigenvalue weighted by Gasteiger charge is 2.45. The van der Waals surface area contributed by atoms with E-state index >= 15 is 0 Å². The third kappa shape index (κ3) is 6.19. The molecule has 28 heavy (non-hydrogen) atoms. The molecule has 0 radical (unpaired) electrons. The van der Waals surface area contributed by atoms with E-state index in [1.165, 1.54) is 0 Å². The maximum atomic E-state index is 12.8. The largest absolute Gasteiger partial charge is 0.401 e. The molecule has 1 aromatic rings. The molecule has 1 aromatic carbocycles. The third-order valence-electron chi connectivity index (χ3n) is 5.38. The molecule has 1 aliphatic carbocycles. The van der Waals surface area contributed by atoms with Crippen LogP contribution in [0.1, 0.15) is 38.2 Å².